The predicted molar refractivity (Wildman–Crippen MR) is 109 cm³/mol. The third-order valence-corrected chi connectivity index (χ3v) is 4.38. The number of hydrogen-bond donors (Lipinski definition) is 2. The molecular weight excluding hydrogens is 424 g/mol. The minimum Gasteiger partial charge on any atom is -0.507 e. The molecule has 0 spiro atoms. The molecule has 1 aromatic heterocycles. The summed E-state index contributed by atoms with van der Waals surface area (Å²) in [5, 5.41) is 13.1. The third kappa shape index (κ3) is 4.37. The molecule has 0 aliphatic heterocycles. The Morgan fingerprint density at radius 3 is 2.57 bits per heavy atom. The van der Waals surface area contributed by atoms with Crippen LogP contribution in [0.3, 0.4) is 0 Å². The van der Waals surface area contributed by atoms with Gasteiger partial charge in [0.05, 0.1) is 12.2 Å². The maximum Gasteiger partial charge on any atom is 0.341 e. The van der Waals surface area contributed by atoms with Gasteiger partial charge in [0.1, 0.15) is 17.1 Å². The second kappa shape index (κ2) is 8.67. The van der Waals surface area contributed by atoms with Gasteiger partial charge < -0.3 is 15.2 Å². The van der Waals surface area contributed by atoms with Crippen molar-refractivity contribution in [1.82, 2.24) is 4.98 Å². The van der Waals surface area contributed by atoms with E-state index in [4.69, 9.17) is 4.74 Å². The molecule has 0 bridgehead atoms. The number of anilines is 2. The van der Waals surface area contributed by atoms with Crippen LogP contribution in [0.15, 0.2) is 65.3 Å². The average Bonchev–Trinajstić information content (AvgIpc) is 2.70. The molecule has 0 saturated heterocycles. The predicted octanol–water partition coefficient (Wildman–Crippen LogP) is 4.70. The summed E-state index contributed by atoms with van der Waals surface area (Å²) in [5.74, 6) is -0.929. The van der Waals surface area contributed by atoms with Crippen LogP contribution in [0.4, 0.5) is 11.5 Å². The number of phenols is 1. The van der Waals surface area contributed by atoms with E-state index in [0.717, 1.165) is 5.69 Å². The maximum absolute atomic E-state index is 12.8. The van der Waals surface area contributed by atoms with Crippen LogP contribution in [0.2, 0.25) is 0 Å². The number of aromatic nitrogens is 1. The zero-order valence-electron chi connectivity index (χ0n) is 15.0. The van der Waals surface area contributed by atoms with Crippen LogP contribution in [0, 0.1) is 0 Å². The van der Waals surface area contributed by atoms with E-state index in [1.165, 1.54) is 24.4 Å². The van der Waals surface area contributed by atoms with Crippen molar-refractivity contribution in [2.24, 2.45) is 0 Å². The molecule has 7 heteroatoms. The summed E-state index contributed by atoms with van der Waals surface area (Å²) in [4.78, 5) is 29.5. The van der Waals surface area contributed by atoms with Crippen molar-refractivity contribution in [2.45, 2.75) is 6.92 Å². The van der Waals surface area contributed by atoms with Crippen LogP contribution in [0.25, 0.3) is 0 Å². The number of esters is 1. The second-order valence-corrected chi connectivity index (χ2v) is 6.74. The zero-order valence-corrected chi connectivity index (χ0v) is 16.6. The lowest BCUT2D eigenvalue weighted by molar-refractivity contribution is 0.0527. The molecule has 6 nitrogen and oxygen atoms in total. The van der Waals surface area contributed by atoms with Crippen molar-refractivity contribution in [3.8, 4) is 5.75 Å². The first kappa shape index (κ1) is 19.6. The lowest BCUT2D eigenvalue weighted by Crippen LogP contribution is -2.12. The number of pyridine rings is 1. The topological polar surface area (TPSA) is 88.5 Å². The lowest BCUT2D eigenvalue weighted by Gasteiger charge is -2.12. The van der Waals surface area contributed by atoms with Crippen LogP contribution in [0.5, 0.6) is 5.75 Å². The first-order valence-corrected chi connectivity index (χ1v) is 9.31. The molecule has 0 atom stereocenters. The summed E-state index contributed by atoms with van der Waals surface area (Å²) < 4.78 is 5.75. The zero-order chi connectivity index (χ0) is 20.1. The van der Waals surface area contributed by atoms with Gasteiger partial charge in [-0.15, -0.1) is 0 Å². The van der Waals surface area contributed by atoms with Crippen molar-refractivity contribution in [3.63, 3.8) is 0 Å². The molecule has 0 unspecified atom stereocenters. The van der Waals surface area contributed by atoms with E-state index in [9.17, 15) is 14.7 Å². The van der Waals surface area contributed by atoms with Gasteiger partial charge in [-0.25, -0.2) is 9.78 Å². The molecule has 2 N–H and O–H groups in total. The number of halogens is 1. The Morgan fingerprint density at radius 1 is 1.11 bits per heavy atom. The third-order valence-electron chi connectivity index (χ3n) is 3.88. The van der Waals surface area contributed by atoms with Gasteiger partial charge in [0.2, 0.25) is 0 Å². The second-order valence-electron chi connectivity index (χ2n) is 5.82. The summed E-state index contributed by atoms with van der Waals surface area (Å²) in [5.41, 5.74) is 1.14. The first-order valence-electron chi connectivity index (χ1n) is 8.52. The number of phenolic OH excluding ortho intramolecular Hbond substituents is 1. The van der Waals surface area contributed by atoms with Crippen LogP contribution in [0.1, 0.15) is 33.2 Å². The maximum atomic E-state index is 12.8. The molecule has 28 heavy (non-hydrogen) atoms. The summed E-state index contributed by atoms with van der Waals surface area (Å²) >= 11 is 3.28. The number of carbonyl (C=O) groups is 2. The van der Waals surface area contributed by atoms with Crippen molar-refractivity contribution >= 4 is 39.2 Å². The number of carbonyl (C=O) groups excluding carboxylic acids is 2. The van der Waals surface area contributed by atoms with Crippen LogP contribution < -0.4 is 5.32 Å². The molecule has 142 valence electrons. The Balaban J connectivity index is 2.01. The van der Waals surface area contributed by atoms with Crippen LogP contribution >= 0.6 is 15.9 Å². The fraction of sp³-hybridized carbons (Fsp3) is 0.0952. The van der Waals surface area contributed by atoms with E-state index in [1.54, 1.807) is 13.0 Å². The smallest absolute Gasteiger partial charge is 0.341 e. The molecule has 0 aliphatic rings. The first-order chi connectivity index (χ1) is 13.5. The summed E-state index contributed by atoms with van der Waals surface area (Å²) in [6.45, 7) is 1.89. The molecule has 1 heterocycles. The molecule has 0 radical (unpaired) electrons. The number of nitrogens with zero attached hydrogens (tertiary/aromatic N) is 1. The molecule has 0 aliphatic carbocycles. The monoisotopic (exact) mass is 440 g/mol. The van der Waals surface area contributed by atoms with Gasteiger partial charge in [-0.2, -0.15) is 0 Å². The van der Waals surface area contributed by atoms with Gasteiger partial charge in [-0.05, 0) is 43.3 Å². The molecule has 3 aromatic rings. The average molecular weight is 441 g/mol. The normalized spacial score (nSPS) is 10.4. The highest BCUT2D eigenvalue weighted by molar-refractivity contribution is 9.10. The Morgan fingerprint density at radius 2 is 1.86 bits per heavy atom. The highest BCUT2D eigenvalue weighted by atomic mass is 79.9. The minimum absolute atomic E-state index is 0.106. The van der Waals surface area contributed by atoms with Crippen molar-refractivity contribution < 1.29 is 19.4 Å². The number of hydrogen-bond acceptors (Lipinski definition) is 6. The van der Waals surface area contributed by atoms with Gasteiger partial charge >= 0.3 is 5.97 Å². The number of nitrogens with one attached hydrogen (secondary N) is 1. The number of aromatic hydroxyl groups is 1. The van der Waals surface area contributed by atoms with Gasteiger partial charge in [-0.3, -0.25) is 4.79 Å². The van der Waals surface area contributed by atoms with Gasteiger partial charge in [0.25, 0.3) is 0 Å². The number of ketones is 1. The van der Waals surface area contributed by atoms with E-state index in [2.05, 4.69) is 26.2 Å². The van der Waals surface area contributed by atoms with E-state index in [-0.39, 0.29) is 34.9 Å². The SMILES string of the molecule is CCOC(=O)c1cc(C(=O)c2cc(Br)ccc2O)cnc1Nc1ccccc1. The number of rotatable bonds is 6. The van der Waals surface area contributed by atoms with E-state index in [1.807, 2.05) is 30.3 Å². The highest BCUT2D eigenvalue weighted by Crippen LogP contribution is 2.26. The Labute approximate surface area is 170 Å². The molecular formula is C21H17BrN2O4. The van der Waals surface area contributed by atoms with Crippen molar-refractivity contribution in [3.05, 3.63) is 82.0 Å². The van der Waals surface area contributed by atoms with E-state index < -0.39 is 11.8 Å². The van der Waals surface area contributed by atoms with E-state index >= 15 is 0 Å². The largest absolute Gasteiger partial charge is 0.507 e. The van der Waals surface area contributed by atoms with Crippen molar-refractivity contribution in [1.29, 1.82) is 0 Å². The number of para-hydroxylation sites is 1. The quantitative estimate of drug-likeness (QED) is 0.426. The Hall–Kier alpha value is -3.19. The molecule has 0 amide bonds. The van der Waals surface area contributed by atoms with Gasteiger partial charge in [0, 0.05) is 21.9 Å². The van der Waals surface area contributed by atoms with Gasteiger partial charge in [0.15, 0.2) is 5.78 Å². The Bertz CT molecular complexity index is 1020. The summed E-state index contributed by atoms with van der Waals surface area (Å²) in [6.07, 6.45) is 1.36. The highest BCUT2D eigenvalue weighted by Gasteiger charge is 2.20. The van der Waals surface area contributed by atoms with E-state index in [0.29, 0.717) is 4.47 Å². The van der Waals surface area contributed by atoms with Crippen molar-refractivity contribution in [2.75, 3.05) is 11.9 Å². The molecule has 0 fully saturated rings. The fourth-order valence-corrected chi connectivity index (χ4v) is 2.92. The summed E-state index contributed by atoms with van der Waals surface area (Å²) in [7, 11) is 0. The number of ether oxygens (including phenoxy) is 1. The van der Waals surface area contributed by atoms with Crippen LogP contribution in [-0.4, -0.2) is 28.4 Å². The number of benzene rings is 2. The fourth-order valence-electron chi connectivity index (χ4n) is 2.56. The van der Waals surface area contributed by atoms with Crippen LogP contribution in [-0.2, 0) is 4.74 Å². The summed E-state index contributed by atoms with van der Waals surface area (Å²) in [6, 6.07) is 15.2. The molecule has 0 saturated carbocycles. The molecule has 2 aromatic carbocycles. The molecule has 3 rings (SSSR count). The minimum atomic E-state index is -0.596. The Kier molecular flexibility index (Phi) is 6.06. The lowest BCUT2D eigenvalue weighted by atomic mass is 10.0. The standard InChI is InChI=1S/C21H17BrN2O4/c1-2-28-21(27)17-10-13(19(26)16-11-14(22)8-9-18(16)25)12-23-20(17)24-15-6-4-3-5-7-15/h3-12,25H,2H2,1H3,(H,23,24). The van der Waals surface area contributed by atoms with Gasteiger partial charge in [-0.1, -0.05) is 34.1 Å².